The third kappa shape index (κ3) is 2.68. The lowest BCUT2D eigenvalue weighted by atomic mass is 10.1. The van der Waals surface area contributed by atoms with E-state index in [2.05, 4.69) is 24.8 Å². The second-order valence-corrected chi connectivity index (χ2v) is 8.33. The number of sulfone groups is 1. The highest BCUT2D eigenvalue weighted by atomic mass is 32.2. The molecule has 0 aromatic carbocycles. The zero-order chi connectivity index (χ0) is 16.0. The fourth-order valence-electron chi connectivity index (χ4n) is 3.54. The molecule has 2 aliphatic rings. The summed E-state index contributed by atoms with van der Waals surface area (Å²) in [6, 6.07) is 1.68. The topological polar surface area (TPSA) is 102 Å². The molecule has 4 heterocycles. The molecule has 0 radical (unpaired) electrons. The summed E-state index contributed by atoms with van der Waals surface area (Å²) in [5.74, 6) is 0.841. The first kappa shape index (κ1) is 14.9. The zero-order valence-corrected chi connectivity index (χ0v) is 13.4. The van der Waals surface area contributed by atoms with Crippen LogP contribution in [-0.4, -0.2) is 83.2 Å². The van der Waals surface area contributed by atoms with Gasteiger partial charge in [0.05, 0.1) is 29.0 Å². The Morgan fingerprint density at radius 3 is 2.65 bits per heavy atom. The minimum Gasteiger partial charge on any atom is -0.390 e. The number of H-pyrrole nitrogens is 1. The number of piperazine rings is 1. The van der Waals surface area contributed by atoms with Crippen molar-refractivity contribution in [3.05, 3.63) is 18.6 Å². The number of fused-ring (bicyclic) bond motifs is 1. The van der Waals surface area contributed by atoms with Crippen LogP contribution >= 0.6 is 0 Å². The zero-order valence-electron chi connectivity index (χ0n) is 12.6. The van der Waals surface area contributed by atoms with Crippen LogP contribution in [-0.2, 0) is 9.84 Å². The predicted octanol–water partition coefficient (Wildman–Crippen LogP) is -0.762. The molecule has 8 nitrogen and oxygen atoms in total. The van der Waals surface area contributed by atoms with Crippen molar-refractivity contribution in [3.63, 3.8) is 0 Å². The number of nitrogens with one attached hydrogen (secondary N) is 1. The van der Waals surface area contributed by atoms with Gasteiger partial charge in [-0.2, -0.15) is 0 Å². The molecule has 0 bridgehead atoms. The molecule has 4 rings (SSSR count). The second kappa shape index (κ2) is 5.43. The monoisotopic (exact) mass is 337 g/mol. The minimum atomic E-state index is -3.11. The van der Waals surface area contributed by atoms with Gasteiger partial charge in [0.1, 0.15) is 17.8 Å². The molecule has 124 valence electrons. The van der Waals surface area contributed by atoms with Crippen LogP contribution in [0.1, 0.15) is 0 Å². The van der Waals surface area contributed by atoms with E-state index < -0.39 is 15.9 Å². The van der Waals surface area contributed by atoms with Crippen molar-refractivity contribution in [2.24, 2.45) is 0 Å². The van der Waals surface area contributed by atoms with Crippen molar-refractivity contribution in [2.75, 3.05) is 42.6 Å². The molecule has 2 saturated heterocycles. The van der Waals surface area contributed by atoms with E-state index in [4.69, 9.17) is 0 Å². The maximum Gasteiger partial charge on any atom is 0.154 e. The molecule has 0 amide bonds. The van der Waals surface area contributed by atoms with Gasteiger partial charge in [-0.15, -0.1) is 0 Å². The summed E-state index contributed by atoms with van der Waals surface area (Å²) >= 11 is 0. The quantitative estimate of drug-likeness (QED) is 0.742. The molecule has 0 saturated carbocycles. The molecule has 2 unspecified atom stereocenters. The van der Waals surface area contributed by atoms with Gasteiger partial charge in [0, 0.05) is 32.4 Å². The Kier molecular flexibility index (Phi) is 3.51. The first-order valence-corrected chi connectivity index (χ1v) is 9.51. The summed E-state index contributed by atoms with van der Waals surface area (Å²) in [7, 11) is -3.11. The molecule has 9 heteroatoms. The molecule has 0 aliphatic carbocycles. The molecule has 0 spiro atoms. The summed E-state index contributed by atoms with van der Waals surface area (Å²) in [6.45, 7) is 2.93. The van der Waals surface area contributed by atoms with Gasteiger partial charge < -0.3 is 15.0 Å². The molecule has 2 fully saturated rings. The number of rotatable bonds is 2. The third-order valence-electron chi connectivity index (χ3n) is 4.71. The van der Waals surface area contributed by atoms with Crippen LogP contribution in [0.3, 0.4) is 0 Å². The second-order valence-electron chi connectivity index (χ2n) is 6.17. The lowest BCUT2D eigenvalue weighted by molar-refractivity contribution is 0.0792. The van der Waals surface area contributed by atoms with E-state index in [0.717, 1.165) is 29.9 Å². The smallest absolute Gasteiger partial charge is 0.154 e. The van der Waals surface area contributed by atoms with Gasteiger partial charge in [-0.05, 0) is 6.07 Å². The highest BCUT2D eigenvalue weighted by Crippen LogP contribution is 2.25. The lowest BCUT2D eigenvalue weighted by Gasteiger charge is -2.39. The Morgan fingerprint density at radius 1 is 1.17 bits per heavy atom. The highest BCUT2D eigenvalue weighted by molar-refractivity contribution is 7.91. The molecular formula is C14H19N5O3S. The fraction of sp³-hybridized carbons (Fsp3) is 0.571. The maximum absolute atomic E-state index is 11.7. The number of hydrogen-bond acceptors (Lipinski definition) is 7. The molecular weight excluding hydrogens is 318 g/mol. The Labute approximate surface area is 134 Å². The van der Waals surface area contributed by atoms with Crippen LogP contribution < -0.4 is 4.90 Å². The number of hydrogen-bond donors (Lipinski definition) is 2. The van der Waals surface area contributed by atoms with Crippen LogP contribution in [0.15, 0.2) is 18.6 Å². The number of nitrogens with zero attached hydrogens (tertiary/aromatic N) is 4. The SMILES string of the molecule is O=S1(=O)CC(O)C(N2CCN(c3ncnc4[nH]ccc34)CC2)C1. The summed E-state index contributed by atoms with van der Waals surface area (Å²) in [5.41, 5.74) is 0.815. The molecule has 2 aromatic rings. The van der Waals surface area contributed by atoms with E-state index in [-0.39, 0.29) is 17.5 Å². The van der Waals surface area contributed by atoms with Crippen molar-refractivity contribution in [1.29, 1.82) is 0 Å². The van der Waals surface area contributed by atoms with E-state index in [9.17, 15) is 13.5 Å². The Bertz CT molecular complexity index is 813. The number of aliphatic hydroxyl groups is 1. The molecule has 23 heavy (non-hydrogen) atoms. The van der Waals surface area contributed by atoms with Crippen molar-refractivity contribution >= 4 is 26.7 Å². The average molecular weight is 337 g/mol. The van der Waals surface area contributed by atoms with Crippen LogP contribution in [0, 0.1) is 0 Å². The standard InChI is InChI=1S/C14H19N5O3S/c20-12-8-23(21,22)7-11(12)18-3-5-19(6-4-18)14-10-1-2-15-13(10)16-9-17-14/h1-2,9,11-12,20H,3-8H2,(H,15,16,17). The van der Waals surface area contributed by atoms with Crippen molar-refractivity contribution in [1.82, 2.24) is 19.9 Å². The van der Waals surface area contributed by atoms with E-state index in [1.54, 1.807) is 6.33 Å². The van der Waals surface area contributed by atoms with Gasteiger partial charge >= 0.3 is 0 Å². The Balaban J connectivity index is 1.48. The van der Waals surface area contributed by atoms with Crippen LogP contribution in [0.4, 0.5) is 5.82 Å². The number of anilines is 1. The first-order chi connectivity index (χ1) is 11.0. The average Bonchev–Trinajstić information content (AvgIpc) is 3.10. The van der Waals surface area contributed by atoms with E-state index >= 15 is 0 Å². The predicted molar refractivity (Wildman–Crippen MR) is 86.1 cm³/mol. The van der Waals surface area contributed by atoms with Gasteiger partial charge in [0.25, 0.3) is 0 Å². The largest absolute Gasteiger partial charge is 0.390 e. The van der Waals surface area contributed by atoms with Crippen molar-refractivity contribution in [3.8, 4) is 0 Å². The Morgan fingerprint density at radius 2 is 1.96 bits per heavy atom. The van der Waals surface area contributed by atoms with Crippen LogP contribution in [0.5, 0.6) is 0 Å². The molecule has 2 N–H and O–H groups in total. The lowest BCUT2D eigenvalue weighted by Crippen LogP contribution is -2.53. The van der Waals surface area contributed by atoms with Gasteiger partial charge in [-0.25, -0.2) is 18.4 Å². The van der Waals surface area contributed by atoms with Crippen molar-refractivity contribution in [2.45, 2.75) is 12.1 Å². The first-order valence-electron chi connectivity index (χ1n) is 7.69. The Hall–Kier alpha value is -1.71. The number of aromatic nitrogens is 3. The van der Waals surface area contributed by atoms with Crippen molar-refractivity contribution < 1.29 is 13.5 Å². The highest BCUT2D eigenvalue weighted by Gasteiger charge is 2.40. The van der Waals surface area contributed by atoms with Gasteiger partial charge in [0.2, 0.25) is 0 Å². The van der Waals surface area contributed by atoms with E-state index in [1.807, 2.05) is 12.3 Å². The molecule has 2 aliphatic heterocycles. The molecule has 2 aromatic heterocycles. The summed E-state index contributed by atoms with van der Waals surface area (Å²) in [5, 5.41) is 11.0. The van der Waals surface area contributed by atoms with Crippen LogP contribution in [0.2, 0.25) is 0 Å². The summed E-state index contributed by atoms with van der Waals surface area (Å²) < 4.78 is 23.4. The third-order valence-corrected chi connectivity index (χ3v) is 6.41. The van der Waals surface area contributed by atoms with Gasteiger partial charge in [-0.1, -0.05) is 0 Å². The van der Waals surface area contributed by atoms with Crippen LogP contribution in [0.25, 0.3) is 11.0 Å². The normalized spacial score (nSPS) is 28.5. The van der Waals surface area contributed by atoms with Gasteiger partial charge in [-0.3, -0.25) is 4.90 Å². The van der Waals surface area contributed by atoms with E-state index in [1.165, 1.54) is 0 Å². The summed E-state index contributed by atoms with van der Waals surface area (Å²) in [4.78, 5) is 15.9. The fourth-order valence-corrected chi connectivity index (χ4v) is 5.37. The van der Waals surface area contributed by atoms with E-state index in [0.29, 0.717) is 13.1 Å². The molecule has 2 atom stereocenters. The summed E-state index contributed by atoms with van der Waals surface area (Å²) in [6.07, 6.45) is 2.62. The minimum absolute atomic E-state index is 0.0593. The maximum atomic E-state index is 11.7. The van der Waals surface area contributed by atoms with Gasteiger partial charge in [0.15, 0.2) is 9.84 Å². The number of aromatic amines is 1. The number of aliphatic hydroxyl groups excluding tert-OH is 1.